The molecule has 5 heteroatoms. The van der Waals surface area contributed by atoms with Gasteiger partial charge in [0.1, 0.15) is 0 Å². The van der Waals surface area contributed by atoms with E-state index in [1.165, 1.54) is 37.8 Å². The maximum Gasteiger partial charge on any atom is 0.270 e. The fourth-order valence-corrected chi connectivity index (χ4v) is 3.14. The zero-order valence-corrected chi connectivity index (χ0v) is 12.7. The van der Waals surface area contributed by atoms with E-state index < -0.39 is 4.92 Å². The predicted molar refractivity (Wildman–Crippen MR) is 81.0 cm³/mol. The van der Waals surface area contributed by atoms with Crippen molar-refractivity contribution in [2.24, 2.45) is 5.41 Å². The second-order valence-electron chi connectivity index (χ2n) is 6.20. The van der Waals surface area contributed by atoms with Gasteiger partial charge in [-0.15, -0.1) is 0 Å². The van der Waals surface area contributed by atoms with Crippen LogP contribution in [0.4, 0.5) is 5.69 Å². The lowest BCUT2D eigenvalue weighted by molar-refractivity contribution is -0.384. The van der Waals surface area contributed by atoms with Crippen LogP contribution >= 0.6 is 11.6 Å². The van der Waals surface area contributed by atoms with E-state index in [-0.39, 0.29) is 5.69 Å². The van der Waals surface area contributed by atoms with Gasteiger partial charge in [-0.2, -0.15) is 0 Å². The third-order valence-electron chi connectivity index (χ3n) is 4.29. The normalized spacial score (nSPS) is 21.6. The van der Waals surface area contributed by atoms with Crippen molar-refractivity contribution >= 4 is 17.3 Å². The van der Waals surface area contributed by atoms with Gasteiger partial charge < -0.3 is 5.32 Å². The molecule has 1 N–H and O–H groups in total. The molecular weight excluding hydrogens is 276 g/mol. The summed E-state index contributed by atoms with van der Waals surface area (Å²) in [6.07, 6.45) is 4.97. The monoisotopic (exact) mass is 296 g/mol. The highest BCUT2D eigenvalue weighted by atomic mass is 35.5. The summed E-state index contributed by atoms with van der Waals surface area (Å²) in [6.45, 7) is 5.24. The largest absolute Gasteiger partial charge is 0.309 e. The molecule has 110 valence electrons. The van der Waals surface area contributed by atoms with Crippen LogP contribution in [0.5, 0.6) is 0 Å². The van der Waals surface area contributed by atoms with Crippen molar-refractivity contribution in [1.82, 2.24) is 5.32 Å². The summed E-state index contributed by atoms with van der Waals surface area (Å²) in [7, 11) is 0. The predicted octanol–water partition coefficient (Wildman–Crippen LogP) is 4.31. The van der Waals surface area contributed by atoms with Gasteiger partial charge in [-0.25, -0.2) is 0 Å². The lowest BCUT2D eigenvalue weighted by Crippen LogP contribution is -2.43. The summed E-state index contributed by atoms with van der Waals surface area (Å²) < 4.78 is 0. The first kappa shape index (κ1) is 15.3. The molecule has 1 aromatic carbocycles. The molecule has 1 aliphatic rings. The van der Waals surface area contributed by atoms with Crippen LogP contribution in [0.1, 0.15) is 45.1 Å². The van der Waals surface area contributed by atoms with Gasteiger partial charge in [0.25, 0.3) is 5.69 Å². The number of nitro groups is 1. The Morgan fingerprint density at radius 3 is 2.80 bits per heavy atom. The van der Waals surface area contributed by atoms with Crippen LogP contribution in [-0.4, -0.2) is 11.0 Å². The fourth-order valence-electron chi connectivity index (χ4n) is 2.90. The molecule has 2 rings (SSSR count). The minimum Gasteiger partial charge on any atom is -0.309 e. The van der Waals surface area contributed by atoms with Gasteiger partial charge in [-0.1, -0.05) is 38.3 Å². The Morgan fingerprint density at radius 1 is 1.45 bits per heavy atom. The molecule has 1 saturated carbocycles. The quantitative estimate of drug-likeness (QED) is 0.665. The number of nitro benzene ring substituents is 1. The number of hydrogen-bond donors (Lipinski definition) is 1. The highest BCUT2D eigenvalue weighted by molar-refractivity contribution is 6.31. The molecule has 0 spiro atoms. The first-order chi connectivity index (χ1) is 9.40. The Bertz CT molecular complexity index is 503. The number of hydrogen-bond acceptors (Lipinski definition) is 3. The van der Waals surface area contributed by atoms with Crippen LogP contribution in [0.15, 0.2) is 18.2 Å². The van der Waals surface area contributed by atoms with E-state index >= 15 is 0 Å². The molecule has 0 aliphatic heterocycles. The topological polar surface area (TPSA) is 55.2 Å². The van der Waals surface area contributed by atoms with Crippen molar-refractivity contribution in [2.45, 2.75) is 52.1 Å². The van der Waals surface area contributed by atoms with Crippen molar-refractivity contribution in [1.29, 1.82) is 0 Å². The highest BCUT2D eigenvalue weighted by Crippen LogP contribution is 2.35. The smallest absolute Gasteiger partial charge is 0.270 e. The molecule has 0 aromatic heterocycles. The third-order valence-corrected chi connectivity index (χ3v) is 4.65. The zero-order valence-electron chi connectivity index (χ0n) is 12.0. The molecule has 1 fully saturated rings. The number of rotatable bonds is 4. The number of halogens is 1. The molecule has 0 heterocycles. The number of nitrogens with one attached hydrogen (secondary N) is 1. The van der Waals surface area contributed by atoms with E-state index in [4.69, 9.17) is 11.6 Å². The molecule has 1 atom stereocenters. The molecule has 1 aliphatic carbocycles. The van der Waals surface area contributed by atoms with Crippen molar-refractivity contribution in [3.8, 4) is 0 Å². The SMILES string of the molecule is CC1(C)CCCCC1NCc1ccc([N+](=O)[O-])cc1Cl. The van der Waals surface area contributed by atoms with Crippen LogP contribution in [0, 0.1) is 15.5 Å². The first-order valence-corrected chi connectivity index (χ1v) is 7.44. The van der Waals surface area contributed by atoms with Crippen molar-refractivity contribution < 1.29 is 4.92 Å². The molecule has 0 radical (unpaired) electrons. The Balaban J connectivity index is 2.02. The van der Waals surface area contributed by atoms with Gasteiger partial charge in [0.2, 0.25) is 0 Å². The lowest BCUT2D eigenvalue weighted by Gasteiger charge is -2.39. The van der Waals surface area contributed by atoms with Gasteiger partial charge in [0.05, 0.1) is 9.95 Å². The summed E-state index contributed by atoms with van der Waals surface area (Å²) in [5.74, 6) is 0. The van der Waals surface area contributed by atoms with Crippen LogP contribution < -0.4 is 5.32 Å². The summed E-state index contributed by atoms with van der Waals surface area (Å²) >= 11 is 6.12. The van der Waals surface area contributed by atoms with Crippen molar-refractivity contribution in [3.63, 3.8) is 0 Å². The third kappa shape index (κ3) is 3.49. The van der Waals surface area contributed by atoms with Crippen LogP contribution in [0.25, 0.3) is 0 Å². The minimum atomic E-state index is -0.423. The Hall–Kier alpha value is -1.13. The highest BCUT2D eigenvalue weighted by Gasteiger charge is 2.31. The van der Waals surface area contributed by atoms with Gasteiger partial charge in [0, 0.05) is 24.7 Å². The van der Waals surface area contributed by atoms with E-state index in [1.54, 1.807) is 6.07 Å². The molecule has 1 aromatic rings. The second kappa shape index (κ2) is 6.10. The first-order valence-electron chi connectivity index (χ1n) is 7.06. The van der Waals surface area contributed by atoms with E-state index in [0.717, 1.165) is 5.56 Å². The summed E-state index contributed by atoms with van der Waals surface area (Å²) in [4.78, 5) is 10.3. The van der Waals surface area contributed by atoms with Gasteiger partial charge in [-0.05, 0) is 29.9 Å². The maximum absolute atomic E-state index is 10.7. The molecule has 0 amide bonds. The Labute approximate surface area is 124 Å². The van der Waals surface area contributed by atoms with Gasteiger partial charge in [0.15, 0.2) is 0 Å². The van der Waals surface area contributed by atoms with E-state index in [9.17, 15) is 10.1 Å². The molecule has 0 saturated heterocycles. The van der Waals surface area contributed by atoms with Crippen LogP contribution in [0.2, 0.25) is 5.02 Å². The summed E-state index contributed by atoms with van der Waals surface area (Å²) in [5, 5.41) is 14.7. The number of benzene rings is 1. The average molecular weight is 297 g/mol. The van der Waals surface area contributed by atoms with E-state index in [2.05, 4.69) is 19.2 Å². The molecule has 4 nitrogen and oxygen atoms in total. The summed E-state index contributed by atoms with van der Waals surface area (Å²) in [6, 6.07) is 5.14. The van der Waals surface area contributed by atoms with Gasteiger partial charge >= 0.3 is 0 Å². The van der Waals surface area contributed by atoms with Gasteiger partial charge in [-0.3, -0.25) is 10.1 Å². The maximum atomic E-state index is 10.7. The lowest BCUT2D eigenvalue weighted by atomic mass is 9.73. The van der Waals surface area contributed by atoms with Crippen molar-refractivity contribution in [2.75, 3.05) is 0 Å². The van der Waals surface area contributed by atoms with Crippen LogP contribution in [-0.2, 0) is 6.54 Å². The number of non-ortho nitro benzene ring substituents is 1. The average Bonchev–Trinajstić information content (AvgIpc) is 2.38. The Kier molecular flexibility index (Phi) is 4.66. The second-order valence-corrected chi connectivity index (χ2v) is 6.61. The Morgan fingerprint density at radius 2 is 2.20 bits per heavy atom. The number of nitrogens with zero attached hydrogens (tertiary/aromatic N) is 1. The zero-order chi connectivity index (χ0) is 14.8. The minimum absolute atomic E-state index is 0.0387. The standard InChI is InChI=1S/C15H21ClN2O2/c1-15(2)8-4-3-5-14(15)17-10-11-6-7-12(18(19)20)9-13(11)16/h6-7,9,14,17H,3-5,8,10H2,1-2H3. The molecule has 20 heavy (non-hydrogen) atoms. The fraction of sp³-hybridized carbons (Fsp3) is 0.600. The molecule has 1 unspecified atom stereocenters. The van der Waals surface area contributed by atoms with Crippen molar-refractivity contribution in [3.05, 3.63) is 38.9 Å². The molecule has 0 bridgehead atoms. The van der Waals surface area contributed by atoms with E-state index in [0.29, 0.717) is 23.0 Å². The van der Waals surface area contributed by atoms with Crippen LogP contribution in [0.3, 0.4) is 0 Å². The van der Waals surface area contributed by atoms with E-state index in [1.807, 2.05) is 0 Å². The molecular formula is C15H21ClN2O2. The summed E-state index contributed by atoms with van der Waals surface area (Å²) in [5.41, 5.74) is 1.25.